The summed E-state index contributed by atoms with van der Waals surface area (Å²) in [5, 5.41) is 10.2. The highest BCUT2D eigenvalue weighted by atomic mass is 32.2. The number of nitrogens with zero attached hydrogens (tertiary/aromatic N) is 1. The van der Waals surface area contributed by atoms with Gasteiger partial charge in [-0.2, -0.15) is 0 Å². The van der Waals surface area contributed by atoms with E-state index in [2.05, 4.69) is 0 Å². The first kappa shape index (κ1) is 21.2. The Bertz CT molecular complexity index is 1010. The number of esters is 1. The van der Waals surface area contributed by atoms with Crippen LogP contribution in [0, 0.1) is 5.92 Å². The fraction of sp³-hybridized carbons (Fsp3) is 0.500. The molecular weight excluding hydrogens is 398 g/mol. The van der Waals surface area contributed by atoms with Gasteiger partial charge in [-0.1, -0.05) is 13.8 Å². The average molecular weight is 423 g/mol. The Kier molecular flexibility index (Phi) is 6.16. The number of fused-ring (bicyclic) bond motifs is 1. The molecular formula is C20H25NO7S. The highest BCUT2D eigenvalue weighted by molar-refractivity contribution is 7.91. The highest BCUT2D eigenvalue weighted by Crippen LogP contribution is 2.25. The normalized spacial score (nSPS) is 18.2. The first-order chi connectivity index (χ1) is 13.6. The summed E-state index contributed by atoms with van der Waals surface area (Å²) in [6.07, 6.45) is 1.75. The third kappa shape index (κ3) is 5.29. The number of phenols is 1. The summed E-state index contributed by atoms with van der Waals surface area (Å²) >= 11 is 0. The van der Waals surface area contributed by atoms with Gasteiger partial charge >= 0.3 is 5.97 Å². The molecule has 3 rings (SSSR count). The summed E-state index contributed by atoms with van der Waals surface area (Å²) in [5.41, 5.74) is 1.05. The van der Waals surface area contributed by atoms with Crippen LogP contribution in [0.5, 0.6) is 5.75 Å². The van der Waals surface area contributed by atoms with E-state index < -0.39 is 28.3 Å². The van der Waals surface area contributed by atoms with Crippen molar-refractivity contribution < 1.29 is 32.3 Å². The van der Waals surface area contributed by atoms with Crippen LogP contribution < -0.4 is 0 Å². The standard InChI is InChI=1S/C20H25NO7S/c1-13(2)9-21(15-5-6-29(25,26)12-15)19(23)11-28-20(24)7-14-10-27-18-8-16(22)3-4-17(14)18/h3-4,8,10,13,15,22H,5-7,9,11-12H2,1-2H3/t15-/m1/s1. The number of carbonyl (C=O) groups excluding carboxylic acids is 2. The van der Waals surface area contributed by atoms with Crippen molar-refractivity contribution in [3.05, 3.63) is 30.0 Å². The van der Waals surface area contributed by atoms with Crippen LogP contribution in [0.4, 0.5) is 0 Å². The third-order valence-corrected chi connectivity index (χ3v) is 6.61. The quantitative estimate of drug-likeness (QED) is 0.677. The second-order valence-electron chi connectivity index (χ2n) is 7.78. The van der Waals surface area contributed by atoms with Crippen molar-refractivity contribution in [1.82, 2.24) is 4.90 Å². The predicted octanol–water partition coefficient (Wildman–Crippen LogP) is 1.90. The number of phenolic OH excluding ortho intramolecular Hbond substituents is 1. The number of rotatable bonds is 7. The van der Waals surface area contributed by atoms with Gasteiger partial charge in [-0.15, -0.1) is 0 Å². The zero-order valence-corrected chi connectivity index (χ0v) is 17.3. The van der Waals surface area contributed by atoms with Crippen molar-refractivity contribution in [2.45, 2.75) is 32.7 Å². The van der Waals surface area contributed by atoms with Crippen molar-refractivity contribution in [3.8, 4) is 5.75 Å². The zero-order valence-electron chi connectivity index (χ0n) is 16.5. The van der Waals surface area contributed by atoms with Gasteiger partial charge in [0.2, 0.25) is 0 Å². The smallest absolute Gasteiger partial charge is 0.310 e. The van der Waals surface area contributed by atoms with Gasteiger partial charge in [-0.05, 0) is 24.5 Å². The van der Waals surface area contributed by atoms with Gasteiger partial charge in [0, 0.05) is 29.6 Å². The van der Waals surface area contributed by atoms with Crippen LogP contribution in [-0.4, -0.2) is 61.0 Å². The molecule has 0 spiro atoms. The van der Waals surface area contributed by atoms with E-state index in [0.29, 0.717) is 29.5 Å². The minimum absolute atomic E-state index is 0.0484. The molecule has 158 valence electrons. The number of furan rings is 1. The van der Waals surface area contributed by atoms with E-state index in [1.165, 1.54) is 23.3 Å². The van der Waals surface area contributed by atoms with Gasteiger partial charge in [-0.25, -0.2) is 8.42 Å². The fourth-order valence-electron chi connectivity index (χ4n) is 3.51. The summed E-state index contributed by atoms with van der Waals surface area (Å²) in [4.78, 5) is 26.4. The molecule has 0 saturated carbocycles. The molecule has 0 radical (unpaired) electrons. The summed E-state index contributed by atoms with van der Waals surface area (Å²) in [6.45, 7) is 3.86. The highest BCUT2D eigenvalue weighted by Gasteiger charge is 2.35. The van der Waals surface area contributed by atoms with Crippen LogP contribution in [0.1, 0.15) is 25.8 Å². The molecule has 0 bridgehead atoms. The molecule has 1 fully saturated rings. The van der Waals surface area contributed by atoms with Crippen LogP contribution in [0.3, 0.4) is 0 Å². The largest absolute Gasteiger partial charge is 0.508 e. The van der Waals surface area contributed by atoms with E-state index in [1.54, 1.807) is 6.07 Å². The zero-order chi connectivity index (χ0) is 21.2. The van der Waals surface area contributed by atoms with Crippen molar-refractivity contribution >= 4 is 32.7 Å². The molecule has 2 heterocycles. The molecule has 1 aliphatic heterocycles. The lowest BCUT2D eigenvalue weighted by Gasteiger charge is -2.29. The van der Waals surface area contributed by atoms with Crippen LogP contribution >= 0.6 is 0 Å². The molecule has 0 unspecified atom stereocenters. The molecule has 1 saturated heterocycles. The lowest BCUT2D eigenvalue weighted by atomic mass is 10.1. The molecule has 8 nitrogen and oxygen atoms in total. The number of sulfone groups is 1. The molecule has 1 aliphatic rings. The minimum Gasteiger partial charge on any atom is -0.508 e. The van der Waals surface area contributed by atoms with E-state index in [4.69, 9.17) is 9.15 Å². The number of ether oxygens (including phenoxy) is 1. The maximum Gasteiger partial charge on any atom is 0.310 e. The van der Waals surface area contributed by atoms with Gasteiger partial charge < -0.3 is 19.2 Å². The number of carbonyl (C=O) groups is 2. The van der Waals surface area contributed by atoms with Crippen LogP contribution in [0.25, 0.3) is 11.0 Å². The molecule has 1 aromatic carbocycles. The van der Waals surface area contributed by atoms with Crippen LogP contribution in [-0.2, 0) is 30.6 Å². The first-order valence-corrected chi connectivity index (χ1v) is 11.3. The minimum atomic E-state index is -3.13. The van der Waals surface area contributed by atoms with Crippen LogP contribution in [0.2, 0.25) is 0 Å². The Morgan fingerprint density at radius 3 is 2.76 bits per heavy atom. The van der Waals surface area contributed by atoms with E-state index >= 15 is 0 Å². The molecule has 2 aromatic rings. The summed E-state index contributed by atoms with van der Waals surface area (Å²) in [6, 6.07) is 4.22. The first-order valence-electron chi connectivity index (χ1n) is 9.49. The number of hydrogen-bond donors (Lipinski definition) is 1. The van der Waals surface area contributed by atoms with Crippen molar-refractivity contribution in [2.75, 3.05) is 24.7 Å². The van der Waals surface area contributed by atoms with Gasteiger partial charge in [0.25, 0.3) is 5.91 Å². The van der Waals surface area contributed by atoms with E-state index in [0.717, 1.165) is 0 Å². The average Bonchev–Trinajstić information content (AvgIpc) is 3.20. The number of amides is 1. The van der Waals surface area contributed by atoms with Crippen molar-refractivity contribution in [1.29, 1.82) is 0 Å². The topological polar surface area (TPSA) is 114 Å². The lowest BCUT2D eigenvalue weighted by Crippen LogP contribution is -2.45. The second kappa shape index (κ2) is 8.44. The number of benzene rings is 1. The Labute approximate surface area is 169 Å². The van der Waals surface area contributed by atoms with Gasteiger partial charge in [-0.3, -0.25) is 9.59 Å². The Morgan fingerprint density at radius 2 is 2.10 bits per heavy atom. The van der Waals surface area contributed by atoms with Gasteiger partial charge in [0.05, 0.1) is 24.2 Å². The van der Waals surface area contributed by atoms with Crippen LogP contribution in [0.15, 0.2) is 28.9 Å². The maximum atomic E-state index is 12.6. The van der Waals surface area contributed by atoms with Gasteiger partial charge in [0.1, 0.15) is 11.3 Å². The lowest BCUT2D eigenvalue weighted by molar-refractivity contribution is -0.152. The van der Waals surface area contributed by atoms with Gasteiger partial charge in [0.15, 0.2) is 16.4 Å². The SMILES string of the molecule is CC(C)CN(C(=O)COC(=O)Cc1coc2cc(O)ccc12)[C@@H]1CCS(=O)(=O)C1. The summed E-state index contributed by atoms with van der Waals surface area (Å²) in [5.74, 6) is -0.735. The molecule has 1 N–H and O–H groups in total. The van der Waals surface area contributed by atoms with E-state index in [1.807, 2.05) is 13.8 Å². The predicted molar refractivity (Wildman–Crippen MR) is 106 cm³/mol. The summed E-state index contributed by atoms with van der Waals surface area (Å²) in [7, 11) is -3.13. The molecule has 9 heteroatoms. The third-order valence-electron chi connectivity index (χ3n) is 4.86. The van der Waals surface area contributed by atoms with Crippen molar-refractivity contribution in [2.24, 2.45) is 5.92 Å². The maximum absolute atomic E-state index is 12.6. The monoisotopic (exact) mass is 423 g/mol. The summed E-state index contributed by atoms with van der Waals surface area (Å²) < 4.78 is 34.0. The molecule has 1 atom stereocenters. The fourth-order valence-corrected chi connectivity index (χ4v) is 5.24. The molecule has 1 amide bonds. The molecule has 29 heavy (non-hydrogen) atoms. The Morgan fingerprint density at radius 1 is 1.34 bits per heavy atom. The van der Waals surface area contributed by atoms with E-state index in [-0.39, 0.29) is 35.6 Å². The Balaban J connectivity index is 1.60. The number of hydrogen-bond acceptors (Lipinski definition) is 7. The molecule has 0 aliphatic carbocycles. The number of aromatic hydroxyl groups is 1. The molecule has 1 aromatic heterocycles. The van der Waals surface area contributed by atoms with Crippen molar-refractivity contribution in [3.63, 3.8) is 0 Å². The second-order valence-corrected chi connectivity index (χ2v) is 10.0. The van der Waals surface area contributed by atoms with E-state index in [9.17, 15) is 23.1 Å². The Hall–Kier alpha value is -2.55.